The smallest absolute Gasteiger partial charge is 0.181 e. The molecule has 0 spiro atoms. The van der Waals surface area contributed by atoms with Crippen LogP contribution >= 0.6 is 11.6 Å². The fraction of sp³-hybridized carbons (Fsp3) is 0.111. The lowest BCUT2D eigenvalue weighted by molar-refractivity contribution is 0.376. The molecule has 0 atom stereocenters. The predicted octanol–water partition coefficient (Wildman–Crippen LogP) is 4.56. The third-order valence-corrected chi connectivity index (χ3v) is 4.20. The maximum Gasteiger partial charge on any atom is 0.181 e. The summed E-state index contributed by atoms with van der Waals surface area (Å²) in [7, 11) is 0. The third kappa shape index (κ3) is 2.62. The van der Waals surface area contributed by atoms with E-state index in [2.05, 4.69) is 12.2 Å². The fourth-order valence-corrected chi connectivity index (χ4v) is 2.78. The molecule has 0 saturated carbocycles. The van der Waals surface area contributed by atoms with Crippen LogP contribution in [0.5, 0.6) is 23.0 Å². The maximum absolute atomic E-state index is 10.0. The van der Waals surface area contributed by atoms with Crippen LogP contribution in [0.2, 0.25) is 5.02 Å². The molecule has 0 aromatic heterocycles. The standard InChI is InChI=1S/C18H15ClO4/c19-14-17(22)15(20)13(16(21)18(14)23)12-8-6-11(7-9-12)10-4-2-1-3-5-10/h2,4-9,20-23H,1,3H2. The maximum atomic E-state index is 10.0. The number of hydrogen-bond acceptors (Lipinski definition) is 4. The Morgan fingerprint density at radius 1 is 0.739 bits per heavy atom. The summed E-state index contributed by atoms with van der Waals surface area (Å²) >= 11 is 5.64. The molecule has 4 nitrogen and oxygen atoms in total. The first kappa shape index (κ1) is 15.3. The largest absolute Gasteiger partial charge is 0.504 e. The van der Waals surface area contributed by atoms with Gasteiger partial charge in [0.05, 0.1) is 5.56 Å². The Bertz CT molecular complexity index is 791. The second kappa shape index (κ2) is 5.89. The zero-order valence-corrected chi connectivity index (χ0v) is 12.9. The SMILES string of the molecule is Oc1c(O)c(-c2ccc(C3=CCCC=C3)cc2)c(O)c(O)c1Cl. The minimum Gasteiger partial charge on any atom is -0.504 e. The normalized spacial score (nSPS) is 13.9. The van der Waals surface area contributed by atoms with E-state index in [4.69, 9.17) is 11.6 Å². The summed E-state index contributed by atoms with van der Waals surface area (Å²) in [6, 6.07) is 7.08. The summed E-state index contributed by atoms with van der Waals surface area (Å²) in [4.78, 5) is 0. The van der Waals surface area contributed by atoms with Gasteiger partial charge in [-0.05, 0) is 29.5 Å². The highest BCUT2D eigenvalue weighted by atomic mass is 35.5. The first-order valence-electron chi connectivity index (χ1n) is 7.13. The first-order chi connectivity index (χ1) is 11.0. The number of rotatable bonds is 2. The van der Waals surface area contributed by atoms with Crippen molar-refractivity contribution in [3.8, 4) is 34.1 Å². The van der Waals surface area contributed by atoms with E-state index in [0.717, 1.165) is 24.0 Å². The van der Waals surface area contributed by atoms with E-state index in [1.807, 2.05) is 18.2 Å². The van der Waals surface area contributed by atoms with Crippen molar-refractivity contribution >= 4 is 17.2 Å². The molecule has 0 heterocycles. The number of phenols is 4. The molecule has 0 unspecified atom stereocenters. The van der Waals surface area contributed by atoms with Crippen LogP contribution in [0.4, 0.5) is 0 Å². The minimum atomic E-state index is -0.668. The van der Waals surface area contributed by atoms with Gasteiger partial charge in [-0.3, -0.25) is 0 Å². The number of aromatic hydroxyl groups is 4. The lowest BCUT2D eigenvalue weighted by Gasteiger charge is -2.13. The second-order valence-electron chi connectivity index (χ2n) is 5.30. The van der Waals surface area contributed by atoms with Gasteiger partial charge in [-0.2, -0.15) is 0 Å². The minimum absolute atomic E-state index is 0.0656. The molecule has 2 aromatic carbocycles. The van der Waals surface area contributed by atoms with Crippen molar-refractivity contribution in [3.05, 3.63) is 53.1 Å². The molecular formula is C18H15ClO4. The van der Waals surface area contributed by atoms with Crippen molar-refractivity contribution in [3.63, 3.8) is 0 Å². The Morgan fingerprint density at radius 2 is 1.30 bits per heavy atom. The summed E-state index contributed by atoms with van der Waals surface area (Å²) in [5, 5.41) is 39.0. The van der Waals surface area contributed by atoms with Crippen LogP contribution < -0.4 is 0 Å². The molecular weight excluding hydrogens is 316 g/mol. The van der Waals surface area contributed by atoms with Crippen LogP contribution in [0.25, 0.3) is 16.7 Å². The summed E-state index contributed by atoms with van der Waals surface area (Å²) in [5.74, 6) is -2.48. The summed E-state index contributed by atoms with van der Waals surface area (Å²) in [6.07, 6.45) is 8.33. The Balaban J connectivity index is 2.07. The Labute approximate surface area is 138 Å². The summed E-state index contributed by atoms with van der Waals surface area (Å²) < 4.78 is 0. The quantitative estimate of drug-likeness (QED) is 0.480. The van der Waals surface area contributed by atoms with Crippen LogP contribution in [-0.2, 0) is 0 Å². The molecule has 0 radical (unpaired) electrons. The van der Waals surface area contributed by atoms with Crippen molar-refractivity contribution in [1.82, 2.24) is 0 Å². The molecule has 0 fully saturated rings. The molecule has 0 amide bonds. The molecule has 2 aromatic rings. The molecule has 1 aliphatic carbocycles. The highest BCUT2D eigenvalue weighted by molar-refractivity contribution is 6.34. The molecule has 4 N–H and O–H groups in total. The molecule has 0 aliphatic heterocycles. The van der Waals surface area contributed by atoms with Gasteiger partial charge in [0.25, 0.3) is 0 Å². The van der Waals surface area contributed by atoms with Crippen molar-refractivity contribution in [1.29, 1.82) is 0 Å². The predicted molar refractivity (Wildman–Crippen MR) is 89.9 cm³/mol. The number of hydrogen-bond donors (Lipinski definition) is 4. The molecule has 118 valence electrons. The van der Waals surface area contributed by atoms with Gasteiger partial charge < -0.3 is 20.4 Å². The van der Waals surface area contributed by atoms with E-state index in [1.165, 1.54) is 0 Å². The monoisotopic (exact) mass is 330 g/mol. The van der Waals surface area contributed by atoms with Crippen LogP contribution in [0, 0.1) is 0 Å². The van der Waals surface area contributed by atoms with Gasteiger partial charge >= 0.3 is 0 Å². The van der Waals surface area contributed by atoms with Gasteiger partial charge in [-0.1, -0.05) is 54.1 Å². The van der Waals surface area contributed by atoms with Gasteiger partial charge in [0.1, 0.15) is 5.02 Å². The zero-order valence-electron chi connectivity index (χ0n) is 12.1. The van der Waals surface area contributed by atoms with Crippen molar-refractivity contribution < 1.29 is 20.4 Å². The van der Waals surface area contributed by atoms with Crippen molar-refractivity contribution in [2.24, 2.45) is 0 Å². The lowest BCUT2D eigenvalue weighted by Crippen LogP contribution is -1.88. The lowest BCUT2D eigenvalue weighted by atomic mass is 9.96. The topological polar surface area (TPSA) is 80.9 Å². The van der Waals surface area contributed by atoms with Gasteiger partial charge in [0.15, 0.2) is 23.0 Å². The second-order valence-corrected chi connectivity index (χ2v) is 5.68. The van der Waals surface area contributed by atoms with Crippen LogP contribution in [0.15, 0.2) is 42.5 Å². The molecule has 23 heavy (non-hydrogen) atoms. The number of halogens is 1. The fourth-order valence-electron chi connectivity index (χ4n) is 2.60. The van der Waals surface area contributed by atoms with Gasteiger partial charge in [0, 0.05) is 0 Å². The highest BCUT2D eigenvalue weighted by Crippen LogP contribution is 2.53. The molecule has 0 bridgehead atoms. The number of phenolic OH excluding ortho intramolecular Hbond substituents is 4. The Morgan fingerprint density at radius 3 is 1.83 bits per heavy atom. The average Bonchev–Trinajstić information content (AvgIpc) is 2.60. The van der Waals surface area contributed by atoms with Crippen LogP contribution in [0.1, 0.15) is 18.4 Å². The number of benzene rings is 2. The third-order valence-electron chi connectivity index (χ3n) is 3.84. The van der Waals surface area contributed by atoms with Crippen LogP contribution in [0.3, 0.4) is 0 Å². The van der Waals surface area contributed by atoms with Gasteiger partial charge in [-0.15, -0.1) is 0 Å². The van der Waals surface area contributed by atoms with E-state index >= 15 is 0 Å². The first-order valence-corrected chi connectivity index (χ1v) is 7.51. The summed E-state index contributed by atoms with van der Waals surface area (Å²) in [6.45, 7) is 0. The van der Waals surface area contributed by atoms with Gasteiger partial charge in [-0.25, -0.2) is 0 Å². The van der Waals surface area contributed by atoms with Crippen molar-refractivity contribution in [2.45, 2.75) is 12.8 Å². The van der Waals surface area contributed by atoms with E-state index in [-0.39, 0.29) is 5.56 Å². The van der Waals surface area contributed by atoms with E-state index in [9.17, 15) is 20.4 Å². The molecule has 5 heteroatoms. The van der Waals surface area contributed by atoms with E-state index in [1.54, 1.807) is 12.1 Å². The Kier molecular flexibility index (Phi) is 3.92. The van der Waals surface area contributed by atoms with E-state index < -0.39 is 28.0 Å². The summed E-state index contributed by atoms with van der Waals surface area (Å²) in [5.41, 5.74) is 2.50. The highest BCUT2D eigenvalue weighted by Gasteiger charge is 2.23. The van der Waals surface area contributed by atoms with Crippen LogP contribution in [-0.4, -0.2) is 20.4 Å². The Hall–Kier alpha value is -2.59. The van der Waals surface area contributed by atoms with Gasteiger partial charge in [0.2, 0.25) is 0 Å². The zero-order chi connectivity index (χ0) is 16.6. The molecule has 0 saturated heterocycles. The molecule has 3 rings (SSSR count). The average molecular weight is 331 g/mol. The van der Waals surface area contributed by atoms with E-state index in [0.29, 0.717) is 5.56 Å². The number of allylic oxidation sites excluding steroid dienone is 4. The molecule has 1 aliphatic rings. The van der Waals surface area contributed by atoms with Crippen molar-refractivity contribution in [2.75, 3.05) is 0 Å².